The molecular weight excluding hydrogens is 340 g/mol. The second-order valence-corrected chi connectivity index (χ2v) is 5.55. The molecule has 126 valence electrons. The van der Waals surface area contributed by atoms with Crippen LogP contribution in [-0.4, -0.2) is 45.1 Å². The summed E-state index contributed by atoms with van der Waals surface area (Å²) >= 11 is 3.92. The Morgan fingerprint density at radius 3 is 2.68 bits per heavy atom. The van der Waals surface area contributed by atoms with E-state index in [0.29, 0.717) is 22.0 Å². The van der Waals surface area contributed by atoms with Gasteiger partial charge in [-0.3, -0.25) is 19.8 Å². The number of aromatic nitrogens is 2. The third-order valence-electron chi connectivity index (χ3n) is 3.61. The van der Waals surface area contributed by atoms with E-state index in [9.17, 15) is 9.59 Å². The first kappa shape index (κ1) is 16.8. The molecule has 2 N–H and O–H groups in total. The lowest BCUT2D eigenvalue weighted by atomic mass is 10.0. The Bertz CT molecular complexity index is 990. The predicted octanol–water partition coefficient (Wildman–Crippen LogP) is 1.92. The molecule has 0 unspecified atom stereocenters. The van der Waals surface area contributed by atoms with E-state index >= 15 is 0 Å². The van der Waals surface area contributed by atoms with E-state index in [2.05, 4.69) is 32.9 Å². The molecule has 0 aliphatic heterocycles. The van der Waals surface area contributed by atoms with E-state index in [1.54, 1.807) is 36.7 Å². The fraction of sp³-hybridized carbons (Fsp3) is 0.118. The number of hydrogen-bond acceptors (Lipinski definition) is 6. The number of nitrogens with zero attached hydrogens (tertiary/aromatic N) is 3. The van der Waals surface area contributed by atoms with Crippen molar-refractivity contribution in [1.29, 1.82) is 0 Å². The highest BCUT2D eigenvalue weighted by Gasteiger charge is 2.15. The zero-order valence-corrected chi connectivity index (χ0v) is 13.9. The Balaban J connectivity index is 1.98. The lowest BCUT2D eigenvalue weighted by molar-refractivity contribution is -0.137. The third kappa shape index (κ3) is 3.43. The summed E-state index contributed by atoms with van der Waals surface area (Å²) in [6, 6.07) is 7.87. The molecule has 8 heteroatoms. The van der Waals surface area contributed by atoms with Crippen molar-refractivity contribution in [2.75, 3.05) is 5.75 Å². The molecule has 2 heterocycles. The van der Waals surface area contributed by atoms with Crippen LogP contribution in [0.3, 0.4) is 0 Å². The van der Waals surface area contributed by atoms with Crippen molar-refractivity contribution in [1.82, 2.24) is 15.3 Å². The second kappa shape index (κ2) is 7.27. The number of carbonyl (C=O) groups is 2. The molecule has 3 aromatic rings. The minimum atomic E-state index is -1.10. The summed E-state index contributed by atoms with van der Waals surface area (Å²) in [5, 5.41) is 12.9. The summed E-state index contributed by atoms with van der Waals surface area (Å²) in [6.07, 6.45) is 4.41. The van der Waals surface area contributed by atoms with Gasteiger partial charge in [0.15, 0.2) is 6.04 Å². The number of nitrogens with one attached hydrogen (secondary N) is 1. The van der Waals surface area contributed by atoms with Gasteiger partial charge in [0.2, 0.25) is 0 Å². The predicted molar refractivity (Wildman–Crippen MR) is 98.3 cm³/mol. The molecule has 0 radical (unpaired) electrons. The number of carboxylic acids is 1. The van der Waals surface area contributed by atoms with Crippen LogP contribution in [0, 0.1) is 0 Å². The molecule has 0 fully saturated rings. The van der Waals surface area contributed by atoms with Crippen LogP contribution in [0.25, 0.3) is 21.8 Å². The van der Waals surface area contributed by atoms with Crippen molar-refractivity contribution >= 4 is 52.6 Å². The molecule has 0 aliphatic rings. The number of carboxylic acid groups (broad SMARTS) is 1. The highest BCUT2D eigenvalue weighted by Crippen LogP contribution is 2.25. The zero-order valence-electron chi connectivity index (χ0n) is 13.0. The Morgan fingerprint density at radius 1 is 1.24 bits per heavy atom. The summed E-state index contributed by atoms with van der Waals surface area (Å²) in [5.74, 6) is -1.47. The normalized spacial score (nSPS) is 12.5. The number of fused-ring (bicyclic) bond motifs is 3. The summed E-state index contributed by atoms with van der Waals surface area (Å²) in [5.41, 5.74) is 1.75. The zero-order chi connectivity index (χ0) is 17.8. The molecule has 7 nitrogen and oxygen atoms in total. The van der Waals surface area contributed by atoms with Crippen LogP contribution in [0.15, 0.2) is 47.7 Å². The smallest absolute Gasteiger partial charge is 0.329 e. The molecule has 2 aromatic heterocycles. The first-order valence-corrected chi connectivity index (χ1v) is 8.03. The van der Waals surface area contributed by atoms with Gasteiger partial charge < -0.3 is 10.4 Å². The minimum Gasteiger partial charge on any atom is -0.480 e. The van der Waals surface area contributed by atoms with E-state index in [0.717, 1.165) is 11.7 Å². The van der Waals surface area contributed by atoms with Crippen LogP contribution in [0.5, 0.6) is 0 Å². The maximum atomic E-state index is 12.5. The quantitative estimate of drug-likeness (QED) is 0.281. The molecule has 0 aliphatic carbocycles. The van der Waals surface area contributed by atoms with Gasteiger partial charge >= 0.3 is 5.97 Å². The van der Waals surface area contributed by atoms with Crippen LogP contribution in [-0.2, 0) is 4.79 Å². The van der Waals surface area contributed by atoms with E-state index in [1.165, 1.54) is 0 Å². The Morgan fingerprint density at radius 2 is 1.96 bits per heavy atom. The first-order chi connectivity index (χ1) is 12.1. The van der Waals surface area contributed by atoms with E-state index < -0.39 is 17.9 Å². The van der Waals surface area contributed by atoms with E-state index in [1.807, 2.05) is 6.07 Å². The fourth-order valence-corrected chi connectivity index (χ4v) is 2.67. The van der Waals surface area contributed by atoms with Gasteiger partial charge in [-0.25, -0.2) is 4.79 Å². The van der Waals surface area contributed by atoms with Crippen LogP contribution >= 0.6 is 12.6 Å². The van der Waals surface area contributed by atoms with Gasteiger partial charge in [0.1, 0.15) is 0 Å². The molecule has 3 rings (SSSR count). The molecule has 1 aromatic carbocycles. The molecule has 0 saturated heterocycles. The number of carbonyl (C=O) groups excluding carboxylic acids is 1. The maximum absolute atomic E-state index is 12.5. The SMILES string of the molecule is O=C(NC=N[C@@H](CS)C(=O)O)c1cc2cccnc2c2ncccc12. The molecule has 0 saturated carbocycles. The molecule has 0 bridgehead atoms. The van der Waals surface area contributed by atoms with Gasteiger partial charge in [0, 0.05) is 34.5 Å². The number of pyridine rings is 2. The summed E-state index contributed by atoms with van der Waals surface area (Å²) < 4.78 is 0. The monoisotopic (exact) mass is 354 g/mol. The number of amides is 1. The summed E-state index contributed by atoms with van der Waals surface area (Å²) in [7, 11) is 0. The Hall–Kier alpha value is -3.00. The number of thiol groups is 1. The van der Waals surface area contributed by atoms with Gasteiger partial charge in [0.05, 0.1) is 17.4 Å². The van der Waals surface area contributed by atoms with Crippen LogP contribution in [0.1, 0.15) is 10.4 Å². The van der Waals surface area contributed by atoms with Crippen LogP contribution in [0.2, 0.25) is 0 Å². The lowest BCUT2D eigenvalue weighted by Crippen LogP contribution is -2.26. The van der Waals surface area contributed by atoms with Crippen molar-refractivity contribution in [2.45, 2.75) is 6.04 Å². The topological polar surface area (TPSA) is 105 Å². The van der Waals surface area contributed by atoms with E-state index in [4.69, 9.17) is 5.11 Å². The number of aliphatic imine (C=N–C) groups is 1. The van der Waals surface area contributed by atoms with Crippen LogP contribution in [0.4, 0.5) is 0 Å². The van der Waals surface area contributed by atoms with Crippen molar-refractivity contribution in [3.05, 3.63) is 48.3 Å². The average molecular weight is 354 g/mol. The van der Waals surface area contributed by atoms with Gasteiger partial charge in [-0.15, -0.1) is 0 Å². The second-order valence-electron chi connectivity index (χ2n) is 5.19. The Kier molecular flexibility index (Phi) is 4.90. The number of benzene rings is 1. The first-order valence-electron chi connectivity index (χ1n) is 7.40. The molecule has 1 amide bonds. The number of aliphatic carboxylic acids is 1. The fourth-order valence-electron chi connectivity index (χ4n) is 2.42. The standard InChI is InChI=1S/C17H14N4O3S/c22-16(21-9-20-13(8-25)17(23)24)12-7-10-3-1-5-18-14(10)15-11(12)4-2-6-19-15/h1-7,9,13,25H,8H2,(H,23,24)(H,20,21,22)/t13-/m0/s1. The van der Waals surface area contributed by atoms with Gasteiger partial charge in [-0.05, 0) is 18.2 Å². The van der Waals surface area contributed by atoms with Crippen molar-refractivity contribution < 1.29 is 14.7 Å². The van der Waals surface area contributed by atoms with Crippen LogP contribution < -0.4 is 5.32 Å². The molecular formula is C17H14N4O3S. The minimum absolute atomic E-state index is 0.0379. The average Bonchev–Trinajstić information content (AvgIpc) is 2.64. The summed E-state index contributed by atoms with van der Waals surface area (Å²) in [4.78, 5) is 35.9. The van der Waals surface area contributed by atoms with Gasteiger partial charge in [-0.2, -0.15) is 12.6 Å². The van der Waals surface area contributed by atoms with Crippen molar-refractivity contribution in [3.8, 4) is 0 Å². The van der Waals surface area contributed by atoms with Crippen molar-refractivity contribution in [2.24, 2.45) is 4.99 Å². The van der Waals surface area contributed by atoms with Crippen molar-refractivity contribution in [3.63, 3.8) is 0 Å². The van der Waals surface area contributed by atoms with Gasteiger partial charge in [0.25, 0.3) is 5.91 Å². The Labute approximate surface area is 148 Å². The number of hydrogen-bond donors (Lipinski definition) is 3. The highest BCUT2D eigenvalue weighted by atomic mass is 32.1. The summed E-state index contributed by atoms with van der Waals surface area (Å²) in [6.45, 7) is 0. The van der Waals surface area contributed by atoms with E-state index in [-0.39, 0.29) is 5.75 Å². The molecule has 25 heavy (non-hydrogen) atoms. The highest BCUT2D eigenvalue weighted by molar-refractivity contribution is 7.80. The maximum Gasteiger partial charge on any atom is 0.329 e. The number of rotatable bonds is 5. The molecule has 1 atom stereocenters. The third-order valence-corrected chi connectivity index (χ3v) is 3.96. The molecule has 0 spiro atoms. The largest absolute Gasteiger partial charge is 0.480 e. The van der Waals surface area contributed by atoms with Gasteiger partial charge in [-0.1, -0.05) is 12.1 Å². The lowest BCUT2D eigenvalue weighted by Gasteiger charge is -2.08.